The summed E-state index contributed by atoms with van der Waals surface area (Å²) in [6, 6.07) is 89.9. The highest BCUT2D eigenvalue weighted by molar-refractivity contribution is 6.26. The Labute approximate surface area is 401 Å². The number of para-hydroxylation sites is 7. The lowest BCUT2D eigenvalue weighted by Crippen LogP contribution is -2.01. The van der Waals surface area contributed by atoms with Gasteiger partial charge in [0.1, 0.15) is 0 Å². The Hall–Kier alpha value is -9.38. The summed E-state index contributed by atoms with van der Waals surface area (Å²) in [6.07, 6.45) is 0. The third kappa shape index (κ3) is 5.03. The zero-order valence-corrected chi connectivity index (χ0v) is 37.9. The summed E-state index contributed by atoms with van der Waals surface area (Å²) >= 11 is 0. The van der Waals surface area contributed by atoms with E-state index in [1.165, 1.54) is 120 Å². The minimum Gasteiger partial charge on any atom is -0.309 e. The van der Waals surface area contributed by atoms with Gasteiger partial charge in [0, 0.05) is 60.2 Å². The summed E-state index contributed by atoms with van der Waals surface area (Å²) in [5, 5.41) is 17.4. The molecule has 0 bridgehead atoms. The summed E-state index contributed by atoms with van der Waals surface area (Å²) < 4.78 is 9.84. The lowest BCUT2D eigenvalue weighted by molar-refractivity contribution is 1.13. The maximum atomic E-state index is 2.50. The van der Waals surface area contributed by atoms with Gasteiger partial charge in [-0.2, -0.15) is 0 Å². The normalized spacial score (nSPS) is 12.3. The van der Waals surface area contributed by atoms with Gasteiger partial charge < -0.3 is 18.3 Å². The molecular formula is C66H40N4. The molecule has 0 radical (unpaired) electrons. The lowest BCUT2D eigenvalue weighted by atomic mass is 9.93. The number of aromatic nitrogens is 4. The number of nitrogens with zero attached hydrogens (tertiary/aromatic N) is 4. The summed E-state index contributed by atoms with van der Waals surface area (Å²) in [4.78, 5) is 0. The van der Waals surface area contributed by atoms with Crippen molar-refractivity contribution in [2.24, 2.45) is 0 Å². The van der Waals surface area contributed by atoms with Gasteiger partial charge in [-0.15, -0.1) is 0 Å². The maximum absolute atomic E-state index is 2.50. The van der Waals surface area contributed by atoms with Crippen molar-refractivity contribution < 1.29 is 0 Å². The highest BCUT2D eigenvalue weighted by Crippen LogP contribution is 2.43. The molecule has 16 aromatic rings. The van der Waals surface area contributed by atoms with Gasteiger partial charge in [-0.05, 0) is 117 Å². The van der Waals surface area contributed by atoms with E-state index in [4.69, 9.17) is 0 Å². The lowest BCUT2D eigenvalue weighted by Gasteiger charge is -2.17. The van der Waals surface area contributed by atoms with Crippen LogP contribution in [0.3, 0.4) is 0 Å². The van der Waals surface area contributed by atoms with Crippen molar-refractivity contribution >= 4 is 120 Å². The Morgan fingerprint density at radius 2 is 0.471 bits per heavy atom. The first-order chi connectivity index (χ1) is 34.8. The van der Waals surface area contributed by atoms with Crippen molar-refractivity contribution in [2.75, 3.05) is 0 Å². The van der Waals surface area contributed by atoms with Gasteiger partial charge in [0.25, 0.3) is 0 Å². The molecule has 0 aliphatic heterocycles. The van der Waals surface area contributed by atoms with Crippen LogP contribution in [-0.2, 0) is 0 Å². The van der Waals surface area contributed by atoms with E-state index >= 15 is 0 Å². The summed E-state index contributed by atoms with van der Waals surface area (Å²) in [7, 11) is 0. The van der Waals surface area contributed by atoms with Crippen LogP contribution in [0.1, 0.15) is 0 Å². The topological polar surface area (TPSA) is 19.7 Å². The molecule has 0 unspecified atom stereocenters. The largest absolute Gasteiger partial charge is 0.309 e. The van der Waals surface area contributed by atoms with Crippen LogP contribution in [0.5, 0.6) is 0 Å². The van der Waals surface area contributed by atoms with Gasteiger partial charge in [-0.1, -0.05) is 158 Å². The molecule has 70 heavy (non-hydrogen) atoms. The van der Waals surface area contributed by atoms with E-state index in [2.05, 4.69) is 261 Å². The van der Waals surface area contributed by atoms with E-state index in [1.807, 2.05) is 0 Å². The van der Waals surface area contributed by atoms with Crippen LogP contribution in [0.25, 0.3) is 142 Å². The molecule has 0 fully saturated rings. The Kier molecular flexibility index (Phi) is 7.58. The minimum absolute atomic E-state index is 1.14. The number of fused-ring (bicyclic) bond motifs is 18. The van der Waals surface area contributed by atoms with Crippen LogP contribution < -0.4 is 0 Å². The SMILES string of the molecule is c1ccc2c(c1)c1cc(-n3c4ccccc4c4cc(-n5c6ccccc6c6ccccc65)ccc43)ccc1c1ccc(-n3c4ccccc4c4cccc(-n5c6ccccc6c6ccccc65)c43)cc21. The molecular weight excluding hydrogens is 849 g/mol. The van der Waals surface area contributed by atoms with E-state index in [-0.39, 0.29) is 0 Å². The molecule has 0 saturated carbocycles. The monoisotopic (exact) mass is 888 g/mol. The van der Waals surface area contributed by atoms with Crippen molar-refractivity contribution in [3.8, 4) is 22.7 Å². The molecule has 324 valence electrons. The molecule has 0 N–H and O–H groups in total. The second-order valence-corrected chi connectivity index (χ2v) is 18.8. The molecule has 0 aliphatic carbocycles. The first-order valence-corrected chi connectivity index (χ1v) is 24.2. The first-order valence-electron chi connectivity index (χ1n) is 24.2. The van der Waals surface area contributed by atoms with Gasteiger partial charge in [-0.25, -0.2) is 0 Å². The van der Waals surface area contributed by atoms with Gasteiger partial charge in [-0.3, -0.25) is 0 Å². The third-order valence-electron chi connectivity index (χ3n) is 15.3. The standard InChI is InChI=1S/C66H40N4/c1-2-17-45-44(16-1)55-38-41(68-60-27-11-8-23-53(60)57-40-42(34-37-64(57)68)67-58-25-9-3-18-48(58)49-19-4-10-26-59(49)67)32-35-46(55)47-36-33-43(39-56(45)47)69-61-28-12-7-22-52(61)54-24-15-31-65(66(54)69)70-62-29-13-5-20-50(62)51-21-6-14-30-63(51)70/h1-40H. The van der Waals surface area contributed by atoms with Crippen molar-refractivity contribution in [1.29, 1.82) is 0 Å². The molecule has 4 heteroatoms. The summed E-state index contributed by atoms with van der Waals surface area (Å²) in [6.45, 7) is 0. The molecule has 4 aromatic heterocycles. The first kappa shape index (κ1) is 37.7. The average Bonchev–Trinajstić information content (AvgIpc) is 4.16. The Morgan fingerprint density at radius 1 is 0.171 bits per heavy atom. The van der Waals surface area contributed by atoms with Crippen LogP contribution in [0.2, 0.25) is 0 Å². The van der Waals surface area contributed by atoms with E-state index in [9.17, 15) is 0 Å². The van der Waals surface area contributed by atoms with Crippen LogP contribution in [0.15, 0.2) is 243 Å². The molecule has 4 nitrogen and oxygen atoms in total. The second-order valence-electron chi connectivity index (χ2n) is 18.8. The molecule has 4 heterocycles. The minimum atomic E-state index is 1.14. The van der Waals surface area contributed by atoms with Crippen LogP contribution in [0.4, 0.5) is 0 Å². The fraction of sp³-hybridized carbons (Fsp3) is 0. The molecule has 16 rings (SSSR count). The second kappa shape index (κ2) is 14.1. The maximum Gasteiger partial charge on any atom is 0.0782 e. The molecule has 0 spiro atoms. The molecule has 0 saturated heterocycles. The van der Waals surface area contributed by atoms with E-state index < -0.39 is 0 Å². The summed E-state index contributed by atoms with van der Waals surface area (Å²) in [5.41, 5.74) is 14.2. The van der Waals surface area contributed by atoms with Gasteiger partial charge >= 0.3 is 0 Å². The average molecular weight is 889 g/mol. The van der Waals surface area contributed by atoms with Crippen LogP contribution in [0, 0.1) is 0 Å². The quantitative estimate of drug-likeness (QED) is 0.157. The zero-order valence-electron chi connectivity index (χ0n) is 37.9. The highest BCUT2D eigenvalue weighted by atomic mass is 15.1. The summed E-state index contributed by atoms with van der Waals surface area (Å²) in [5.74, 6) is 0. The van der Waals surface area contributed by atoms with Gasteiger partial charge in [0.15, 0.2) is 0 Å². The number of benzene rings is 12. The number of hydrogen-bond acceptors (Lipinski definition) is 0. The Bertz CT molecular complexity index is 4770. The van der Waals surface area contributed by atoms with Gasteiger partial charge in [0.2, 0.25) is 0 Å². The Balaban J connectivity index is 0.908. The molecule has 0 aliphatic rings. The van der Waals surface area contributed by atoms with Crippen molar-refractivity contribution in [3.63, 3.8) is 0 Å². The predicted molar refractivity (Wildman–Crippen MR) is 296 cm³/mol. The molecule has 12 aromatic carbocycles. The fourth-order valence-corrected chi connectivity index (χ4v) is 12.4. The van der Waals surface area contributed by atoms with E-state index in [0.717, 1.165) is 22.7 Å². The van der Waals surface area contributed by atoms with Gasteiger partial charge in [0.05, 0.1) is 49.8 Å². The third-order valence-corrected chi connectivity index (χ3v) is 15.3. The zero-order chi connectivity index (χ0) is 45.6. The Morgan fingerprint density at radius 3 is 0.943 bits per heavy atom. The van der Waals surface area contributed by atoms with Crippen LogP contribution >= 0.6 is 0 Å². The van der Waals surface area contributed by atoms with Crippen molar-refractivity contribution in [1.82, 2.24) is 18.3 Å². The molecule has 0 amide bonds. The van der Waals surface area contributed by atoms with Crippen molar-refractivity contribution in [3.05, 3.63) is 243 Å². The van der Waals surface area contributed by atoms with E-state index in [0.29, 0.717) is 0 Å². The number of rotatable bonds is 4. The van der Waals surface area contributed by atoms with E-state index in [1.54, 1.807) is 0 Å². The smallest absolute Gasteiger partial charge is 0.0782 e. The van der Waals surface area contributed by atoms with Crippen molar-refractivity contribution in [2.45, 2.75) is 0 Å². The molecule has 0 atom stereocenters. The predicted octanol–water partition coefficient (Wildman–Crippen LogP) is 17.5. The fourth-order valence-electron chi connectivity index (χ4n) is 12.4. The van der Waals surface area contributed by atoms with Crippen LogP contribution in [-0.4, -0.2) is 18.3 Å². The highest BCUT2D eigenvalue weighted by Gasteiger charge is 2.22. The number of hydrogen-bond donors (Lipinski definition) is 0.